The second-order valence-electron chi connectivity index (χ2n) is 14.0. The maximum Gasteiger partial charge on any atom is 0.192 e. The summed E-state index contributed by atoms with van der Waals surface area (Å²) in [6.07, 6.45) is 2.02. The van der Waals surface area contributed by atoms with Crippen molar-refractivity contribution < 1.29 is 13.6 Å². The summed E-state index contributed by atoms with van der Waals surface area (Å²) in [7, 11) is -4.47. The minimum absolute atomic E-state index is 0.0122. The highest BCUT2D eigenvalue weighted by Crippen LogP contribution is 2.47. The zero-order valence-corrected chi connectivity index (χ0v) is 28.9. The normalized spacial score (nSPS) is 22.3. The number of thiol groups is 1. The Bertz CT molecular complexity index is 1440. The topological polar surface area (TPSA) is 108 Å². The number of hydrogen-bond donors (Lipinski definition) is 2. The smallest absolute Gasteiger partial charge is 0.192 e. The summed E-state index contributed by atoms with van der Waals surface area (Å²) < 4.78 is 23.1. The quantitative estimate of drug-likeness (QED) is 0.216. The van der Waals surface area contributed by atoms with E-state index in [0.29, 0.717) is 22.8 Å². The Labute approximate surface area is 252 Å². The number of nitriles is 1. The van der Waals surface area contributed by atoms with Gasteiger partial charge in [0.05, 0.1) is 23.1 Å². The van der Waals surface area contributed by atoms with Gasteiger partial charge in [0.1, 0.15) is 30.0 Å². The number of benzene rings is 1. The summed E-state index contributed by atoms with van der Waals surface area (Å²) in [6, 6.07) is 9.62. The van der Waals surface area contributed by atoms with Gasteiger partial charge in [-0.2, -0.15) is 17.9 Å². The molecule has 41 heavy (non-hydrogen) atoms. The summed E-state index contributed by atoms with van der Waals surface area (Å²) in [5, 5.41) is 10.0. The lowest BCUT2D eigenvalue weighted by Crippen LogP contribution is -2.53. The third-order valence-electron chi connectivity index (χ3n) is 9.18. The average molecular weight is 612 g/mol. The number of rotatable bonds is 7. The molecular formula is C30H45N5O3SSi2. The van der Waals surface area contributed by atoms with Crippen LogP contribution in [0.15, 0.2) is 36.8 Å². The van der Waals surface area contributed by atoms with Crippen molar-refractivity contribution >= 4 is 46.1 Å². The number of fused-ring (bicyclic) bond motifs is 1. The number of anilines is 1. The van der Waals surface area contributed by atoms with Crippen LogP contribution in [0.3, 0.4) is 0 Å². The fourth-order valence-electron chi connectivity index (χ4n) is 4.63. The fraction of sp³-hybridized carbons (Fsp3) is 0.567. The summed E-state index contributed by atoms with van der Waals surface area (Å²) >= 11 is 4.72. The third kappa shape index (κ3) is 6.01. The maximum atomic E-state index is 9.31. The van der Waals surface area contributed by atoms with Gasteiger partial charge in [-0.05, 0) is 54.0 Å². The first-order valence-corrected chi connectivity index (χ1v) is 20.6. The number of ether oxygens (including phenoxy) is 1. The van der Waals surface area contributed by atoms with Crippen LogP contribution >= 0.6 is 12.6 Å². The first kappa shape index (κ1) is 31.7. The van der Waals surface area contributed by atoms with E-state index in [0.717, 1.165) is 16.5 Å². The molecule has 1 aliphatic rings. The van der Waals surface area contributed by atoms with Crippen molar-refractivity contribution in [2.24, 2.45) is 0 Å². The molecule has 1 aliphatic heterocycles. The Morgan fingerprint density at radius 1 is 0.976 bits per heavy atom. The Morgan fingerprint density at radius 3 is 2.05 bits per heavy atom. The van der Waals surface area contributed by atoms with Crippen molar-refractivity contribution in [2.45, 2.75) is 102 Å². The molecule has 8 nitrogen and oxygen atoms in total. The summed E-state index contributed by atoms with van der Waals surface area (Å²) in [6.45, 7) is 22.5. The van der Waals surface area contributed by atoms with E-state index in [1.54, 1.807) is 12.1 Å². The highest BCUT2D eigenvalue weighted by molar-refractivity contribution is 7.80. The van der Waals surface area contributed by atoms with Crippen LogP contribution in [0, 0.1) is 11.3 Å². The minimum Gasteiger partial charge on any atom is -0.408 e. The lowest BCUT2D eigenvalue weighted by Gasteiger charge is -2.44. The molecule has 3 aromatic rings. The van der Waals surface area contributed by atoms with Crippen LogP contribution in [-0.2, 0) is 13.6 Å². The van der Waals surface area contributed by atoms with Crippen molar-refractivity contribution in [3.05, 3.63) is 42.4 Å². The predicted molar refractivity (Wildman–Crippen MR) is 174 cm³/mol. The number of hydrogen-bond acceptors (Lipinski definition) is 8. The Hall–Kier alpha value is -2.21. The molecule has 0 bridgehead atoms. The summed E-state index contributed by atoms with van der Waals surface area (Å²) in [4.78, 5) is 8.98. The van der Waals surface area contributed by atoms with E-state index < -0.39 is 22.9 Å². The molecule has 4 rings (SSSR count). The molecule has 0 amide bonds. The second-order valence-corrected chi connectivity index (χ2v) is 23.9. The molecule has 0 aliphatic carbocycles. The minimum atomic E-state index is -2.27. The van der Waals surface area contributed by atoms with Gasteiger partial charge in [0.25, 0.3) is 0 Å². The van der Waals surface area contributed by atoms with Crippen LogP contribution in [0.2, 0.25) is 36.3 Å². The van der Waals surface area contributed by atoms with E-state index in [1.165, 1.54) is 6.33 Å². The number of nitrogen functional groups attached to an aromatic ring is 1. The zero-order valence-electron chi connectivity index (χ0n) is 26.0. The van der Waals surface area contributed by atoms with E-state index in [1.807, 2.05) is 22.9 Å². The largest absolute Gasteiger partial charge is 0.408 e. The highest BCUT2D eigenvalue weighted by Gasteiger charge is 2.54. The van der Waals surface area contributed by atoms with Crippen molar-refractivity contribution in [3.63, 3.8) is 0 Å². The first-order chi connectivity index (χ1) is 18.9. The third-order valence-corrected chi connectivity index (χ3v) is 18.5. The van der Waals surface area contributed by atoms with Gasteiger partial charge in [0, 0.05) is 17.5 Å². The standard InChI is InChI=1S/C30H45N5O3SSi2/c1-29(2,3)40(7,8)37-24-22(17-39)36-28(25(24)38-41(9,10)30(4,5)6)35-16-21(20-13-11-19(15-31)12-14-20)23-26(32)33-18-34-27(23)35/h11-14,16,18,22,24-25,28,39H,17H2,1-10H3,(H2,32,33,34)/t22-,24-,25-,28-/m1/s1. The van der Waals surface area contributed by atoms with Gasteiger partial charge >= 0.3 is 0 Å². The van der Waals surface area contributed by atoms with Crippen LogP contribution in [0.4, 0.5) is 5.82 Å². The van der Waals surface area contributed by atoms with Crippen LogP contribution in [0.5, 0.6) is 0 Å². The van der Waals surface area contributed by atoms with E-state index in [4.69, 9.17) is 32.0 Å². The molecule has 2 N–H and O–H groups in total. The first-order valence-electron chi connectivity index (χ1n) is 14.2. The molecule has 11 heteroatoms. The highest BCUT2D eigenvalue weighted by atomic mass is 32.1. The molecule has 1 saturated heterocycles. The van der Waals surface area contributed by atoms with E-state index in [2.05, 4.69) is 83.8 Å². The molecule has 1 fully saturated rings. The van der Waals surface area contributed by atoms with Gasteiger partial charge in [-0.3, -0.25) is 0 Å². The van der Waals surface area contributed by atoms with Gasteiger partial charge in [-0.15, -0.1) is 0 Å². The molecule has 3 heterocycles. The van der Waals surface area contributed by atoms with Gasteiger partial charge in [0.15, 0.2) is 22.9 Å². The molecule has 1 aromatic carbocycles. The molecular weight excluding hydrogens is 567 g/mol. The number of nitrogens with zero attached hydrogens (tertiary/aromatic N) is 4. The summed E-state index contributed by atoms with van der Waals surface area (Å²) in [5.41, 5.74) is 9.49. The average Bonchev–Trinajstić information content (AvgIpc) is 3.41. The predicted octanol–water partition coefficient (Wildman–Crippen LogP) is 7.16. The SMILES string of the molecule is CC(C)(C)[Si](C)(C)O[C@@H]1[C@H](O[Si](C)(C)C(C)(C)C)[C@@H](CS)O[C@H]1n1cc(-c2ccc(C#N)cc2)c2c(N)ncnc21. The fourth-order valence-corrected chi connectivity index (χ4v) is 7.52. The van der Waals surface area contributed by atoms with Crippen molar-refractivity contribution in [2.75, 3.05) is 11.5 Å². The molecule has 222 valence electrons. The Kier molecular flexibility index (Phi) is 8.61. The maximum absolute atomic E-state index is 9.31. The monoisotopic (exact) mass is 611 g/mol. The number of aromatic nitrogens is 3. The number of nitrogens with two attached hydrogens (primary N) is 1. The summed E-state index contributed by atoms with van der Waals surface area (Å²) in [5.74, 6) is 0.874. The zero-order chi connectivity index (χ0) is 30.5. The van der Waals surface area contributed by atoms with Gasteiger partial charge < -0.3 is 23.9 Å². The molecule has 2 aromatic heterocycles. The lowest BCUT2D eigenvalue weighted by atomic mass is 10.0. The van der Waals surface area contributed by atoms with Crippen LogP contribution < -0.4 is 5.73 Å². The molecule has 0 spiro atoms. The van der Waals surface area contributed by atoms with Gasteiger partial charge in [-0.25, -0.2) is 9.97 Å². The van der Waals surface area contributed by atoms with Crippen LogP contribution in [0.25, 0.3) is 22.2 Å². The van der Waals surface area contributed by atoms with E-state index >= 15 is 0 Å². The van der Waals surface area contributed by atoms with Crippen molar-refractivity contribution in [3.8, 4) is 17.2 Å². The lowest BCUT2D eigenvalue weighted by molar-refractivity contribution is -0.0242. The van der Waals surface area contributed by atoms with Crippen LogP contribution in [0.1, 0.15) is 53.3 Å². The molecule has 4 atom stereocenters. The second kappa shape index (κ2) is 11.1. The Balaban J connectivity index is 1.90. The van der Waals surface area contributed by atoms with E-state index in [9.17, 15) is 5.26 Å². The van der Waals surface area contributed by atoms with E-state index in [-0.39, 0.29) is 28.4 Å². The Morgan fingerprint density at radius 2 is 1.54 bits per heavy atom. The molecule has 0 radical (unpaired) electrons. The molecule has 0 saturated carbocycles. The van der Waals surface area contributed by atoms with Crippen molar-refractivity contribution in [1.82, 2.24) is 14.5 Å². The van der Waals surface area contributed by atoms with Crippen LogP contribution in [-0.4, -0.2) is 55.2 Å². The van der Waals surface area contributed by atoms with Gasteiger partial charge in [0.2, 0.25) is 0 Å². The van der Waals surface area contributed by atoms with Crippen molar-refractivity contribution in [1.29, 1.82) is 5.26 Å². The molecule has 0 unspecified atom stereocenters. The van der Waals surface area contributed by atoms with Gasteiger partial charge in [-0.1, -0.05) is 53.7 Å².